The molecule has 0 bridgehead atoms. The van der Waals surface area contributed by atoms with Gasteiger partial charge in [-0.05, 0) is 37.6 Å². The predicted octanol–water partition coefficient (Wildman–Crippen LogP) is 3.11. The molecule has 0 spiro atoms. The van der Waals surface area contributed by atoms with Crippen molar-refractivity contribution in [1.82, 2.24) is 4.57 Å². The van der Waals surface area contributed by atoms with Gasteiger partial charge in [0.25, 0.3) is 0 Å². The van der Waals surface area contributed by atoms with Crippen LogP contribution in [-0.2, 0) is 13.0 Å². The summed E-state index contributed by atoms with van der Waals surface area (Å²) in [6, 6.07) is 12.7. The molecule has 1 aromatic carbocycles. The first kappa shape index (κ1) is 10.5. The normalized spacial score (nSPS) is 17.9. The van der Waals surface area contributed by atoms with E-state index in [1.807, 2.05) is 6.07 Å². The number of benzene rings is 1. The van der Waals surface area contributed by atoms with Gasteiger partial charge in [-0.15, -0.1) is 0 Å². The molecule has 0 radical (unpaired) electrons. The second kappa shape index (κ2) is 3.95. The Kier molecular flexibility index (Phi) is 2.43. The number of hydrogen-bond donors (Lipinski definition) is 0. The first-order chi connectivity index (χ1) is 8.24. The van der Waals surface area contributed by atoms with Crippen LogP contribution in [0.25, 0.3) is 0 Å². The average Bonchev–Trinajstić information content (AvgIpc) is 2.87. The Labute approximate surface area is 102 Å². The molecule has 1 aliphatic heterocycles. The number of nitrogens with zero attached hydrogens (tertiary/aromatic N) is 1. The van der Waals surface area contributed by atoms with Gasteiger partial charge in [0.1, 0.15) is 11.9 Å². The van der Waals surface area contributed by atoms with Crippen LogP contribution in [0.5, 0.6) is 5.75 Å². The van der Waals surface area contributed by atoms with Crippen LogP contribution in [-0.4, -0.2) is 10.7 Å². The molecular weight excluding hydrogens is 210 g/mol. The molecule has 88 valence electrons. The van der Waals surface area contributed by atoms with Crippen LogP contribution in [0.3, 0.4) is 0 Å². The lowest BCUT2D eigenvalue weighted by Crippen LogP contribution is -2.22. The van der Waals surface area contributed by atoms with E-state index in [9.17, 15) is 0 Å². The number of para-hydroxylation sites is 1. The Bertz CT molecular complexity index is 497. The van der Waals surface area contributed by atoms with Crippen LogP contribution < -0.4 is 4.74 Å². The van der Waals surface area contributed by atoms with Crippen LogP contribution in [0.1, 0.15) is 17.0 Å². The van der Waals surface area contributed by atoms with E-state index >= 15 is 0 Å². The number of rotatable bonds is 2. The van der Waals surface area contributed by atoms with Gasteiger partial charge >= 0.3 is 0 Å². The minimum atomic E-state index is 0.275. The van der Waals surface area contributed by atoms with Crippen LogP contribution in [0.4, 0.5) is 0 Å². The monoisotopic (exact) mass is 227 g/mol. The molecule has 0 aliphatic carbocycles. The summed E-state index contributed by atoms with van der Waals surface area (Å²) in [4.78, 5) is 0. The van der Waals surface area contributed by atoms with Gasteiger partial charge in [0, 0.05) is 17.8 Å². The number of ether oxygens (including phenoxy) is 1. The topological polar surface area (TPSA) is 14.2 Å². The molecule has 0 N–H and O–H groups in total. The molecule has 3 rings (SSSR count). The molecule has 1 unspecified atom stereocenters. The van der Waals surface area contributed by atoms with Crippen molar-refractivity contribution >= 4 is 0 Å². The van der Waals surface area contributed by atoms with E-state index in [-0.39, 0.29) is 6.10 Å². The van der Waals surface area contributed by atoms with Crippen molar-refractivity contribution in [3.8, 4) is 5.75 Å². The van der Waals surface area contributed by atoms with E-state index in [0.717, 1.165) is 18.7 Å². The van der Waals surface area contributed by atoms with E-state index in [1.54, 1.807) is 0 Å². The summed E-state index contributed by atoms with van der Waals surface area (Å²) in [6.07, 6.45) is 1.30. The fourth-order valence-electron chi connectivity index (χ4n) is 2.55. The first-order valence-corrected chi connectivity index (χ1v) is 6.11. The van der Waals surface area contributed by atoms with E-state index in [0.29, 0.717) is 0 Å². The largest absolute Gasteiger partial charge is 0.488 e. The Balaban J connectivity index is 1.78. The lowest BCUT2D eigenvalue weighted by atomic mass is 10.1. The van der Waals surface area contributed by atoms with Crippen molar-refractivity contribution in [2.75, 3.05) is 0 Å². The summed E-state index contributed by atoms with van der Waals surface area (Å²) in [6.45, 7) is 5.24. The molecule has 1 atom stereocenters. The minimum absolute atomic E-state index is 0.275. The van der Waals surface area contributed by atoms with Crippen LogP contribution in [0.2, 0.25) is 0 Å². The summed E-state index contributed by atoms with van der Waals surface area (Å²) in [5, 5.41) is 0. The second-order valence-electron chi connectivity index (χ2n) is 4.78. The summed E-state index contributed by atoms with van der Waals surface area (Å²) < 4.78 is 8.30. The Morgan fingerprint density at radius 2 is 1.82 bits per heavy atom. The maximum absolute atomic E-state index is 5.97. The third-order valence-electron chi connectivity index (χ3n) is 3.52. The quantitative estimate of drug-likeness (QED) is 0.769. The fraction of sp³-hybridized carbons (Fsp3) is 0.333. The van der Waals surface area contributed by atoms with Crippen LogP contribution in [0.15, 0.2) is 36.4 Å². The molecule has 2 heteroatoms. The predicted molar refractivity (Wildman–Crippen MR) is 68.5 cm³/mol. The van der Waals surface area contributed by atoms with Crippen molar-refractivity contribution < 1.29 is 4.74 Å². The van der Waals surface area contributed by atoms with E-state index in [1.165, 1.54) is 17.0 Å². The zero-order valence-corrected chi connectivity index (χ0v) is 10.3. The van der Waals surface area contributed by atoms with E-state index in [2.05, 4.69) is 48.7 Å². The third-order valence-corrected chi connectivity index (χ3v) is 3.52. The molecule has 0 fully saturated rings. The summed E-state index contributed by atoms with van der Waals surface area (Å²) >= 11 is 0. The average molecular weight is 227 g/mol. The van der Waals surface area contributed by atoms with Gasteiger partial charge in [0.2, 0.25) is 0 Å². The fourth-order valence-corrected chi connectivity index (χ4v) is 2.55. The zero-order chi connectivity index (χ0) is 11.8. The molecule has 2 aromatic rings. The van der Waals surface area contributed by atoms with Gasteiger partial charge in [-0.3, -0.25) is 0 Å². The highest BCUT2D eigenvalue weighted by Crippen LogP contribution is 2.29. The van der Waals surface area contributed by atoms with E-state index < -0.39 is 0 Å². The van der Waals surface area contributed by atoms with Gasteiger partial charge in [0.15, 0.2) is 0 Å². The molecule has 0 amide bonds. The molecule has 0 saturated heterocycles. The van der Waals surface area contributed by atoms with Crippen molar-refractivity contribution in [1.29, 1.82) is 0 Å². The molecule has 2 heterocycles. The number of hydrogen-bond acceptors (Lipinski definition) is 1. The molecule has 1 aromatic heterocycles. The van der Waals surface area contributed by atoms with Crippen molar-refractivity contribution in [2.24, 2.45) is 0 Å². The van der Waals surface area contributed by atoms with Crippen molar-refractivity contribution in [3.63, 3.8) is 0 Å². The Hall–Kier alpha value is -1.70. The maximum atomic E-state index is 5.97. The highest BCUT2D eigenvalue weighted by molar-refractivity contribution is 5.37. The van der Waals surface area contributed by atoms with Crippen molar-refractivity contribution in [3.05, 3.63) is 53.3 Å². The van der Waals surface area contributed by atoms with Crippen molar-refractivity contribution in [2.45, 2.75) is 32.9 Å². The Morgan fingerprint density at radius 3 is 2.53 bits per heavy atom. The Morgan fingerprint density at radius 1 is 1.12 bits per heavy atom. The minimum Gasteiger partial charge on any atom is -0.488 e. The third kappa shape index (κ3) is 1.84. The van der Waals surface area contributed by atoms with E-state index in [4.69, 9.17) is 4.74 Å². The molecule has 0 saturated carbocycles. The van der Waals surface area contributed by atoms with Gasteiger partial charge in [-0.1, -0.05) is 18.2 Å². The van der Waals surface area contributed by atoms with Gasteiger partial charge in [-0.25, -0.2) is 0 Å². The lowest BCUT2D eigenvalue weighted by molar-refractivity contribution is 0.207. The lowest BCUT2D eigenvalue weighted by Gasteiger charge is -2.15. The number of fused-ring (bicyclic) bond motifs is 1. The molecular formula is C15H17NO. The molecule has 17 heavy (non-hydrogen) atoms. The molecule has 2 nitrogen and oxygen atoms in total. The van der Waals surface area contributed by atoms with Crippen LogP contribution in [0, 0.1) is 13.8 Å². The van der Waals surface area contributed by atoms with Gasteiger partial charge < -0.3 is 9.30 Å². The molecule has 1 aliphatic rings. The number of aromatic nitrogens is 1. The van der Waals surface area contributed by atoms with Gasteiger partial charge in [-0.2, -0.15) is 0 Å². The summed E-state index contributed by atoms with van der Waals surface area (Å²) in [7, 11) is 0. The SMILES string of the molecule is Cc1ccc(C)n1CC1Cc2ccccc2O1. The maximum Gasteiger partial charge on any atom is 0.123 e. The summed E-state index contributed by atoms with van der Waals surface area (Å²) in [5.74, 6) is 1.06. The highest BCUT2D eigenvalue weighted by Gasteiger charge is 2.23. The number of aryl methyl sites for hydroxylation is 2. The van der Waals surface area contributed by atoms with Crippen LogP contribution >= 0.6 is 0 Å². The second-order valence-corrected chi connectivity index (χ2v) is 4.78. The van der Waals surface area contributed by atoms with Gasteiger partial charge in [0.05, 0.1) is 6.54 Å². The zero-order valence-electron chi connectivity index (χ0n) is 10.3. The smallest absolute Gasteiger partial charge is 0.123 e. The highest BCUT2D eigenvalue weighted by atomic mass is 16.5. The first-order valence-electron chi connectivity index (χ1n) is 6.11. The standard InChI is InChI=1S/C15H17NO/c1-11-7-8-12(2)16(11)10-14-9-13-5-3-4-6-15(13)17-14/h3-8,14H,9-10H2,1-2H3. The summed E-state index contributed by atoms with van der Waals surface area (Å²) in [5.41, 5.74) is 3.95.